The molecule has 1 aromatic carbocycles. The average molecular weight is 355 g/mol. The normalized spacial score (nSPS) is 29.2. The van der Waals surface area contributed by atoms with E-state index in [2.05, 4.69) is 0 Å². The zero-order valence-corrected chi connectivity index (χ0v) is 14.4. The molecule has 6 nitrogen and oxygen atoms in total. The molecule has 2 bridgehead atoms. The molecule has 6 heteroatoms. The summed E-state index contributed by atoms with van der Waals surface area (Å²) in [6, 6.07) is 8.59. The fourth-order valence-electron chi connectivity index (χ4n) is 4.82. The second-order valence-corrected chi connectivity index (χ2v) is 7.41. The van der Waals surface area contributed by atoms with E-state index in [1.54, 1.807) is 30.3 Å². The molecule has 3 aliphatic rings. The molecular formula is C20H21NO5. The van der Waals surface area contributed by atoms with Gasteiger partial charge in [-0.15, -0.1) is 0 Å². The Morgan fingerprint density at radius 1 is 1.00 bits per heavy atom. The van der Waals surface area contributed by atoms with Crippen LogP contribution in [0.3, 0.4) is 0 Å². The van der Waals surface area contributed by atoms with Crippen molar-refractivity contribution in [2.75, 3.05) is 13.2 Å². The van der Waals surface area contributed by atoms with Crippen LogP contribution in [0.15, 0.2) is 30.3 Å². The van der Waals surface area contributed by atoms with Crippen LogP contribution in [0.2, 0.25) is 0 Å². The second kappa shape index (κ2) is 6.67. The highest BCUT2D eigenvalue weighted by atomic mass is 16.5. The number of likely N-dealkylation sites (tertiary alicyclic amines) is 1. The minimum absolute atomic E-state index is 0.0441. The van der Waals surface area contributed by atoms with E-state index in [0.717, 1.165) is 19.3 Å². The maximum Gasteiger partial charge on any atom is 0.308 e. The van der Waals surface area contributed by atoms with Gasteiger partial charge in [0, 0.05) is 12.1 Å². The van der Waals surface area contributed by atoms with Crippen LogP contribution >= 0.6 is 0 Å². The fraction of sp³-hybridized carbons (Fsp3) is 0.500. The summed E-state index contributed by atoms with van der Waals surface area (Å²) >= 11 is 0. The van der Waals surface area contributed by atoms with Gasteiger partial charge in [-0.25, -0.2) is 0 Å². The Kier molecular flexibility index (Phi) is 4.34. The van der Waals surface area contributed by atoms with Crippen molar-refractivity contribution in [1.29, 1.82) is 0 Å². The molecule has 26 heavy (non-hydrogen) atoms. The predicted molar refractivity (Wildman–Crippen MR) is 90.9 cm³/mol. The number of imide groups is 1. The minimum Gasteiger partial charge on any atom is -0.457 e. The van der Waals surface area contributed by atoms with Gasteiger partial charge in [0.2, 0.25) is 11.8 Å². The number of carbonyl (C=O) groups excluding carboxylic acids is 4. The quantitative estimate of drug-likeness (QED) is 0.442. The van der Waals surface area contributed by atoms with Gasteiger partial charge in [-0.2, -0.15) is 0 Å². The maximum absolute atomic E-state index is 12.5. The number of rotatable bonds is 6. The molecule has 4 rings (SSSR count). The SMILES string of the molecule is O=C(CCN1C(=O)[C@@H]2[C@H]3CC[C@@H](C3)[C@H]2C1=O)OCC(=O)c1ccccc1. The lowest BCUT2D eigenvalue weighted by atomic mass is 9.81. The molecule has 1 heterocycles. The lowest BCUT2D eigenvalue weighted by Crippen LogP contribution is -2.35. The van der Waals surface area contributed by atoms with Crippen molar-refractivity contribution in [3.05, 3.63) is 35.9 Å². The van der Waals surface area contributed by atoms with Crippen LogP contribution in [0.25, 0.3) is 0 Å². The first kappa shape index (κ1) is 16.9. The molecule has 2 saturated carbocycles. The summed E-state index contributed by atoms with van der Waals surface area (Å²) in [4.78, 5) is 50.2. The minimum atomic E-state index is -0.574. The van der Waals surface area contributed by atoms with Crippen LogP contribution in [0.1, 0.15) is 36.0 Å². The molecule has 2 amide bonds. The standard InChI is InChI=1S/C20H21NO5/c22-15(12-4-2-1-3-5-12)11-26-16(23)8-9-21-19(24)17-13-6-7-14(10-13)18(17)20(21)25/h1-5,13-14,17-18H,6-11H2/t13-,14-,17+,18+/m0/s1. The molecule has 1 aromatic rings. The van der Waals surface area contributed by atoms with Gasteiger partial charge in [0.1, 0.15) is 0 Å². The number of hydrogen-bond donors (Lipinski definition) is 0. The van der Waals surface area contributed by atoms with E-state index >= 15 is 0 Å². The molecule has 3 fully saturated rings. The molecule has 1 aliphatic heterocycles. The van der Waals surface area contributed by atoms with Crippen LogP contribution in [-0.2, 0) is 19.1 Å². The summed E-state index contributed by atoms with van der Waals surface area (Å²) in [6.07, 6.45) is 2.98. The van der Waals surface area contributed by atoms with Crippen LogP contribution in [0, 0.1) is 23.7 Å². The first-order valence-electron chi connectivity index (χ1n) is 9.15. The topological polar surface area (TPSA) is 80.8 Å². The zero-order valence-electron chi connectivity index (χ0n) is 14.4. The fourth-order valence-corrected chi connectivity index (χ4v) is 4.82. The van der Waals surface area contributed by atoms with E-state index in [4.69, 9.17) is 4.74 Å². The maximum atomic E-state index is 12.5. The molecule has 1 saturated heterocycles. The second-order valence-electron chi connectivity index (χ2n) is 7.41. The summed E-state index contributed by atoms with van der Waals surface area (Å²) < 4.78 is 5.00. The third kappa shape index (κ3) is 2.83. The average Bonchev–Trinajstić information content (AvgIpc) is 3.33. The van der Waals surface area contributed by atoms with Crippen molar-refractivity contribution < 1.29 is 23.9 Å². The van der Waals surface area contributed by atoms with Gasteiger partial charge < -0.3 is 4.74 Å². The third-order valence-electron chi connectivity index (χ3n) is 6.02. The number of fused-ring (bicyclic) bond motifs is 5. The first-order valence-corrected chi connectivity index (χ1v) is 9.15. The molecule has 0 unspecified atom stereocenters. The molecule has 0 radical (unpaired) electrons. The third-order valence-corrected chi connectivity index (χ3v) is 6.02. The lowest BCUT2D eigenvalue weighted by Gasteiger charge is -2.19. The van der Waals surface area contributed by atoms with E-state index < -0.39 is 5.97 Å². The van der Waals surface area contributed by atoms with Crippen molar-refractivity contribution in [2.45, 2.75) is 25.7 Å². The number of carbonyl (C=O) groups is 4. The molecule has 0 N–H and O–H groups in total. The number of hydrogen-bond acceptors (Lipinski definition) is 5. The molecule has 0 spiro atoms. The number of benzene rings is 1. The van der Waals surface area contributed by atoms with Crippen molar-refractivity contribution in [3.63, 3.8) is 0 Å². The largest absolute Gasteiger partial charge is 0.457 e. The van der Waals surface area contributed by atoms with Crippen molar-refractivity contribution >= 4 is 23.6 Å². The smallest absolute Gasteiger partial charge is 0.308 e. The van der Waals surface area contributed by atoms with Crippen molar-refractivity contribution in [3.8, 4) is 0 Å². The van der Waals surface area contributed by atoms with Crippen LogP contribution in [0.4, 0.5) is 0 Å². The number of ketones is 1. The van der Waals surface area contributed by atoms with Crippen LogP contribution < -0.4 is 0 Å². The zero-order chi connectivity index (χ0) is 18.3. The molecule has 2 aliphatic carbocycles. The van der Waals surface area contributed by atoms with E-state index in [9.17, 15) is 19.2 Å². The lowest BCUT2D eigenvalue weighted by molar-refractivity contribution is -0.145. The van der Waals surface area contributed by atoms with Gasteiger partial charge in [-0.1, -0.05) is 30.3 Å². The number of ether oxygens (including phenoxy) is 1. The Labute approximate surface area is 151 Å². The summed E-state index contributed by atoms with van der Waals surface area (Å²) in [5.41, 5.74) is 0.480. The Balaban J connectivity index is 1.28. The Morgan fingerprint density at radius 2 is 1.62 bits per heavy atom. The summed E-state index contributed by atoms with van der Waals surface area (Å²) in [5, 5.41) is 0. The summed E-state index contributed by atoms with van der Waals surface area (Å²) in [5.74, 6) is -0.772. The number of amides is 2. The van der Waals surface area contributed by atoms with E-state index in [1.807, 2.05) is 0 Å². The van der Waals surface area contributed by atoms with Gasteiger partial charge in [-0.05, 0) is 31.1 Å². The Morgan fingerprint density at radius 3 is 2.23 bits per heavy atom. The van der Waals surface area contributed by atoms with Crippen molar-refractivity contribution in [1.82, 2.24) is 4.90 Å². The molecular weight excluding hydrogens is 334 g/mol. The Hall–Kier alpha value is -2.50. The van der Waals surface area contributed by atoms with Crippen molar-refractivity contribution in [2.24, 2.45) is 23.7 Å². The molecule has 4 atom stereocenters. The number of esters is 1. The van der Waals surface area contributed by atoms with E-state index in [0.29, 0.717) is 17.4 Å². The summed E-state index contributed by atoms with van der Waals surface area (Å²) in [7, 11) is 0. The predicted octanol–water partition coefficient (Wildman–Crippen LogP) is 1.83. The van der Waals surface area contributed by atoms with E-state index in [-0.39, 0.29) is 49.0 Å². The van der Waals surface area contributed by atoms with Crippen LogP contribution in [0.5, 0.6) is 0 Å². The number of Topliss-reactive ketones (excluding diaryl/α,β-unsaturated/α-hetero) is 1. The highest BCUT2D eigenvalue weighted by Crippen LogP contribution is 2.56. The van der Waals surface area contributed by atoms with Gasteiger partial charge in [0.25, 0.3) is 0 Å². The van der Waals surface area contributed by atoms with E-state index in [1.165, 1.54) is 4.90 Å². The highest BCUT2D eigenvalue weighted by molar-refractivity contribution is 6.06. The van der Waals surface area contributed by atoms with Gasteiger partial charge in [-0.3, -0.25) is 24.1 Å². The first-order chi connectivity index (χ1) is 12.6. The number of nitrogens with zero attached hydrogens (tertiary/aromatic N) is 1. The monoisotopic (exact) mass is 355 g/mol. The van der Waals surface area contributed by atoms with Gasteiger partial charge >= 0.3 is 5.97 Å². The Bertz CT molecular complexity index is 731. The molecule has 0 aromatic heterocycles. The molecule has 136 valence electrons. The van der Waals surface area contributed by atoms with Gasteiger partial charge in [0.05, 0.1) is 18.3 Å². The highest BCUT2D eigenvalue weighted by Gasteiger charge is 2.60. The summed E-state index contributed by atoms with van der Waals surface area (Å²) in [6.45, 7) is -0.289. The van der Waals surface area contributed by atoms with Gasteiger partial charge in [0.15, 0.2) is 12.4 Å². The van der Waals surface area contributed by atoms with Crippen LogP contribution in [-0.4, -0.2) is 41.6 Å².